The standard InChI is InChI=1S/C24H23ClN2O4S/c1-2-31-24(30)17-6-4-10-27(14-17)23(29)16-8-9-20-19(13-16)26-22(28)21(32-20)12-15-5-3-7-18(25)11-15/h3,5,7-9,11-13,17H,2,4,6,10,14H2,1H3,(H,26,28)/b21-12+/t17-/m0/s1. The Kier molecular flexibility index (Phi) is 6.86. The molecule has 4 rings (SSSR count). The number of ether oxygens (including phenoxy) is 1. The molecule has 6 nitrogen and oxygen atoms in total. The number of esters is 1. The monoisotopic (exact) mass is 470 g/mol. The molecule has 8 heteroatoms. The second-order valence-electron chi connectivity index (χ2n) is 7.67. The van der Waals surface area contributed by atoms with E-state index in [-0.39, 0.29) is 23.7 Å². The largest absolute Gasteiger partial charge is 0.466 e. The highest BCUT2D eigenvalue weighted by atomic mass is 35.5. The highest BCUT2D eigenvalue weighted by molar-refractivity contribution is 8.04. The summed E-state index contributed by atoms with van der Waals surface area (Å²) in [7, 11) is 0. The third kappa shape index (κ3) is 5.00. The summed E-state index contributed by atoms with van der Waals surface area (Å²) in [5.41, 5.74) is 1.93. The van der Waals surface area contributed by atoms with Crippen LogP contribution in [0.4, 0.5) is 5.69 Å². The maximum absolute atomic E-state index is 13.1. The maximum Gasteiger partial charge on any atom is 0.310 e. The first-order valence-electron chi connectivity index (χ1n) is 10.5. The molecule has 0 radical (unpaired) electrons. The molecule has 1 saturated heterocycles. The van der Waals surface area contributed by atoms with Gasteiger partial charge in [-0.2, -0.15) is 0 Å². The molecule has 0 unspecified atom stereocenters. The zero-order valence-corrected chi connectivity index (χ0v) is 19.2. The van der Waals surface area contributed by atoms with Crippen molar-refractivity contribution in [2.24, 2.45) is 5.92 Å². The van der Waals surface area contributed by atoms with Crippen molar-refractivity contribution in [2.45, 2.75) is 24.7 Å². The van der Waals surface area contributed by atoms with Gasteiger partial charge in [-0.3, -0.25) is 14.4 Å². The first-order valence-corrected chi connectivity index (χ1v) is 11.7. The Hall–Kier alpha value is -2.77. The van der Waals surface area contributed by atoms with E-state index in [4.69, 9.17) is 16.3 Å². The van der Waals surface area contributed by atoms with Crippen molar-refractivity contribution in [2.75, 3.05) is 25.0 Å². The van der Waals surface area contributed by atoms with Crippen molar-refractivity contribution in [3.8, 4) is 0 Å². The van der Waals surface area contributed by atoms with Crippen molar-refractivity contribution in [1.82, 2.24) is 4.90 Å². The molecule has 2 aliphatic rings. The van der Waals surface area contributed by atoms with Crippen LogP contribution in [0.15, 0.2) is 52.3 Å². The molecule has 0 aromatic heterocycles. The molecule has 2 aromatic carbocycles. The number of anilines is 1. The number of hydrogen-bond acceptors (Lipinski definition) is 5. The van der Waals surface area contributed by atoms with Gasteiger partial charge in [-0.05, 0) is 61.7 Å². The molecule has 0 spiro atoms. The molecule has 0 aliphatic carbocycles. The Bertz CT molecular complexity index is 1100. The summed E-state index contributed by atoms with van der Waals surface area (Å²) in [6, 6.07) is 12.6. The van der Waals surface area contributed by atoms with Crippen LogP contribution in [-0.4, -0.2) is 42.4 Å². The van der Waals surface area contributed by atoms with Gasteiger partial charge in [0.1, 0.15) is 0 Å². The number of benzene rings is 2. The lowest BCUT2D eigenvalue weighted by atomic mass is 9.97. The highest BCUT2D eigenvalue weighted by Gasteiger charge is 2.30. The number of carbonyl (C=O) groups excluding carboxylic acids is 3. The van der Waals surface area contributed by atoms with Gasteiger partial charge in [0.15, 0.2) is 0 Å². The molecule has 2 heterocycles. The highest BCUT2D eigenvalue weighted by Crippen LogP contribution is 2.39. The Labute approximate surface area is 196 Å². The van der Waals surface area contributed by atoms with Gasteiger partial charge < -0.3 is 15.0 Å². The first-order chi connectivity index (χ1) is 15.4. The van der Waals surface area contributed by atoms with E-state index in [1.165, 1.54) is 11.8 Å². The lowest BCUT2D eigenvalue weighted by molar-refractivity contribution is -0.149. The predicted molar refractivity (Wildman–Crippen MR) is 126 cm³/mol. The number of thioether (sulfide) groups is 1. The summed E-state index contributed by atoms with van der Waals surface area (Å²) in [4.78, 5) is 40.9. The van der Waals surface area contributed by atoms with Gasteiger partial charge in [-0.25, -0.2) is 0 Å². The minimum atomic E-state index is -0.292. The fourth-order valence-electron chi connectivity index (χ4n) is 3.84. The Morgan fingerprint density at radius 3 is 2.91 bits per heavy atom. The Morgan fingerprint density at radius 1 is 1.28 bits per heavy atom. The minimum Gasteiger partial charge on any atom is -0.466 e. The Balaban J connectivity index is 1.50. The number of likely N-dealkylation sites (tertiary alicyclic amines) is 1. The molecule has 2 aliphatic heterocycles. The van der Waals surface area contributed by atoms with Crippen LogP contribution in [0.1, 0.15) is 35.7 Å². The van der Waals surface area contributed by atoms with Crippen LogP contribution in [0.3, 0.4) is 0 Å². The molecular weight excluding hydrogens is 448 g/mol. The molecule has 32 heavy (non-hydrogen) atoms. The molecule has 1 N–H and O–H groups in total. The molecule has 0 bridgehead atoms. The number of rotatable bonds is 4. The van der Waals surface area contributed by atoms with Crippen LogP contribution in [0.5, 0.6) is 0 Å². The van der Waals surface area contributed by atoms with Gasteiger partial charge in [0.25, 0.3) is 11.8 Å². The van der Waals surface area contributed by atoms with E-state index in [0.717, 1.165) is 23.3 Å². The SMILES string of the molecule is CCOC(=O)[C@H]1CCCN(C(=O)c2ccc3c(c2)NC(=O)/C(=C\c2cccc(Cl)c2)S3)C1. The van der Waals surface area contributed by atoms with Gasteiger partial charge in [0, 0.05) is 28.6 Å². The topological polar surface area (TPSA) is 75.7 Å². The molecule has 1 fully saturated rings. The molecular formula is C24H23ClN2O4S. The van der Waals surface area contributed by atoms with Crippen LogP contribution in [0.25, 0.3) is 6.08 Å². The smallest absolute Gasteiger partial charge is 0.310 e. The van der Waals surface area contributed by atoms with Crippen molar-refractivity contribution >= 4 is 52.9 Å². The summed E-state index contributed by atoms with van der Waals surface area (Å²) in [5.74, 6) is -0.924. The average Bonchev–Trinajstić information content (AvgIpc) is 2.79. The molecule has 1 atom stereocenters. The normalized spacial score (nSPS) is 19.3. The van der Waals surface area contributed by atoms with Crippen molar-refractivity contribution < 1.29 is 19.1 Å². The van der Waals surface area contributed by atoms with Crippen molar-refractivity contribution in [3.63, 3.8) is 0 Å². The summed E-state index contributed by atoms with van der Waals surface area (Å²) in [5, 5.41) is 3.48. The number of halogens is 1. The van der Waals surface area contributed by atoms with Gasteiger partial charge >= 0.3 is 5.97 Å². The fourth-order valence-corrected chi connectivity index (χ4v) is 4.97. The van der Waals surface area contributed by atoms with Gasteiger partial charge in [0.2, 0.25) is 0 Å². The quantitative estimate of drug-likeness (QED) is 0.511. The lowest BCUT2D eigenvalue weighted by Crippen LogP contribution is -2.42. The van der Waals surface area contributed by atoms with E-state index < -0.39 is 0 Å². The van der Waals surface area contributed by atoms with E-state index in [0.29, 0.717) is 40.9 Å². The average molecular weight is 471 g/mol. The summed E-state index contributed by atoms with van der Waals surface area (Å²) < 4.78 is 5.12. The van der Waals surface area contributed by atoms with Gasteiger partial charge in [0.05, 0.1) is 23.1 Å². The van der Waals surface area contributed by atoms with E-state index >= 15 is 0 Å². The van der Waals surface area contributed by atoms with Crippen molar-refractivity contribution in [1.29, 1.82) is 0 Å². The number of carbonyl (C=O) groups is 3. The first kappa shape index (κ1) is 22.4. The third-order valence-electron chi connectivity index (χ3n) is 5.39. The molecule has 2 amide bonds. The summed E-state index contributed by atoms with van der Waals surface area (Å²) >= 11 is 7.39. The summed E-state index contributed by atoms with van der Waals surface area (Å²) in [6.45, 7) is 3.06. The van der Waals surface area contributed by atoms with Crippen molar-refractivity contribution in [3.05, 3.63) is 63.5 Å². The van der Waals surface area contributed by atoms with Crippen LogP contribution < -0.4 is 5.32 Å². The second kappa shape index (κ2) is 9.79. The number of hydrogen-bond donors (Lipinski definition) is 1. The van der Waals surface area contributed by atoms with E-state index in [1.54, 1.807) is 42.2 Å². The van der Waals surface area contributed by atoms with E-state index in [1.807, 2.05) is 18.2 Å². The maximum atomic E-state index is 13.1. The fraction of sp³-hybridized carbons (Fsp3) is 0.292. The van der Waals surface area contributed by atoms with Crippen LogP contribution in [0.2, 0.25) is 5.02 Å². The number of fused-ring (bicyclic) bond motifs is 1. The van der Waals surface area contributed by atoms with Gasteiger partial charge in [-0.1, -0.05) is 35.5 Å². The lowest BCUT2D eigenvalue weighted by Gasteiger charge is -2.32. The minimum absolute atomic E-state index is 0.152. The van der Waals surface area contributed by atoms with Gasteiger partial charge in [-0.15, -0.1) is 0 Å². The second-order valence-corrected chi connectivity index (χ2v) is 9.19. The molecule has 0 saturated carbocycles. The number of amides is 2. The molecule has 166 valence electrons. The zero-order valence-electron chi connectivity index (χ0n) is 17.6. The number of nitrogens with one attached hydrogen (secondary N) is 1. The number of piperidine rings is 1. The number of nitrogens with zero attached hydrogens (tertiary/aromatic N) is 1. The zero-order chi connectivity index (χ0) is 22.7. The van der Waals surface area contributed by atoms with E-state index in [9.17, 15) is 14.4 Å². The van der Waals surface area contributed by atoms with Crippen LogP contribution in [0, 0.1) is 5.92 Å². The van der Waals surface area contributed by atoms with E-state index in [2.05, 4.69) is 5.32 Å². The summed E-state index contributed by atoms with van der Waals surface area (Å²) in [6.07, 6.45) is 3.27. The third-order valence-corrected chi connectivity index (χ3v) is 6.73. The predicted octanol–water partition coefficient (Wildman–Crippen LogP) is 4.84. The molecule has 2 aromatic rings. The Morgan fingerprint density at radius 2 is 2.12 bits per heavy atom. The van der Waals surface area contributed by atoms with Crippen LogP contribution in [-0.2, 0) is 14.3 Å². The van der Waals surface area contributed by atoms with Crippen LogP contribution >= 0.6 is 23.4 Å².